The van der Waals surface area contributed by atoms with Crippen molar-refractivity contribution in [1.29, 1.82) is 0 Å². The molecule has 2 N–H and O–H groups in total. The zero-order valence-corrected chi connectivity index (χ0v) is 15.4. The fraction of sp³-hybridized carbons (Fsp3) is 0.478. The van der Waals surface area contributed by atoms with E-state index in [2.05, 4.69) is 67.6 Å². The minimum atomic E-state index is -0.563. The van der Waals surface area contributed by atoms with E-state index in [1.807, 2.05) is 0 Å². The molecule has 0 spiro atoms. The van der Waals surface area contributed by atoms with E-state index in [0.29, 0.717) is 0 Å². The lowest BCUT2D eigenvalue weighted by Gasteiger charge is -2.40. The van der Waals surface area contributed by atoms with Gasteiger partial charge in [-0.05, 0) is 36.3 Å². The van der Waals surface area contributed by atoms with Gasteiger partial charge in [0.05, 0.1) is 0 Å². The second kappa shape index (κ2) is 8.64. The van der Waals surface area contributed by atoms with Gasteiger partial charge >= 0.3 is 0 Å². The second-order valence-corrected chi connectivity index (χ2v) is 7.30. The number of unbranched alkanes of at least 4 members (excludes halogenated alkanes) is 1. The maximum absolute atomic E-state index is 6.85. The molecule has 2 heteroatoms. The van der Waals surface area contributed by atoms with Crippen LogP contribution in [0.5, 0.6) is 0 Å². The highest BCUT2D eigenvalue weighted by atomic mass is 16.5. The molecule has 0 amide bonds. The number of rotatable bonds is 10. The van der Waals surface area contributed by atoms with Crippen LogP contribution in [0.3, 0.4) is 0 Å². The van der Waals surface area contributed by atoms with Crippen LogP contribution in [0.1, 0.15) is 56.6 Å². The van der Waals surface area contributed by atoms with Crippen molar-refractivity contribution in [2.75, 3.05) is 6.61 Å². The smallest absolute Gasteiger partial charge is 0.133 e. The third-order valence-electron chi connectivity index (χ3n) is 5.34. The van der Waals surface area contributed by atoms with Gasteiger partial charge < -0.3 is 10.5 Å². The quantitative estimate of drug-likeness (QED) is 0.600. The van der Waals surface area contributed by atoms with Gasteiger partial charge in [0, 0.05) is 12.6 Å². The van der Waals surface area contributed by atoms with Gasteiger partial charge in [-0.25, -0.2) is 0 Å². The molecule has 0 radical (unpaired) electrons. The normalized spacial score (nSPS) is 15.9. The highest BCUT2D eigenvalue weighted by Crippen LogP contribution is 2.41. The molecule has 25 heavy (non-hydrogen) atoms. The van der Waals surface area contributed by atoms with Gasteiger partial charge in [0.15, 0.2) is 0 Å². The lowest BCUT2D eigenvalue weighted by molar-refractivity contribution is -0.0410. The molecule has 0 saturated heterocycles. The van der Waals surface area contributed by atoms with E-state index < -0.39 is 5.60 Å². The molecule has 1 fully saturated rings. The average molecular weight is 338 g/mol. The van der Waals surface area contributed by atoms with E-state index in [0.717, 1.165) is 31.8 Å². The first-order valence-corrected chi connectivity index (χ1v) is 9.78. The Kier molecular flexibility index (Phi) is 6.28. The largest absolute Gasteiger partial charge is 0.364 e. The average Bonchev–Trinajstić information content (AvgIpc) is 3.49. The summed E-state index contributed by atoms with van der Waals surface area (Å²) >= 11 is 0. The molecule has 3 rings (SSSR count). The summed E-state index contributed by atoms with van der Waals surface area (Å²) in [4.78, 5) is 0. The van der Waals surface area contributed by atoms with E-state index in [-0.39, 0.29) is 6.04 Å². The van der Waals surface area contributed by atoms with Gasteiger partial charge in [-0.15, -0.1) is 0 Å². The van der Waals surface area contributed by atoms with E-state index in [1.165, 1.54) is 30.4 Å². The maximum atomic E-state index is 6.85. The van der Waals surface area contributed by atoms with Crippen molar-refractivity contribution in [3.63, 3.8) is 0 Å². The van der Waals surface area contributed by atoms with Gasteiger partial charge in [-0.2, -0.15) is 0 Å². The molecule has 0 heterocycles. The summed E-state index contributed by atoms with van der Waals surface area (Å²) in [5, 5.41) is 0. The van der Waals surface area contributed by atoms with Crippen molar-refractivity contribution >= 4 is 0 Å². The van der Waals surface area contributed by atoms with E-state index in [9.17, 15) is 0 Å². The highest BCUT2D eigenvalue weighted by Gasteiger charge is 2.41. The molecule has 1 saturated carbocycles. The van der Waals surface area contributed by atoms with Crippen molar-refractivity contribution in [2.45, 2.75) is 57.1 Å². The molecule has 0 aromatic heterocycles. The van der Waals surface area contributed by atoms with Crippen molar-refractivity contribution in [1.82, 2.24) is 0 Å². The first kappa shape index (κ1) is 18.2. The zero-order chi connectivity index (χ0) is 17.5. The lowest BCUT2D eigenvalue weighted by Crippen LogP contribution is -2.49. The van der Waals surface area contributed by atoms with E-state index >= 15 is 0 Å². The van der Waals surface area contributed by atoms with Crippen LogP contribution >= 0.6 is 0 Å². The Morgan fingerprint density at radius 2 is 1.56 bits per heavy atom. The number of hydrogen-bond acceptors (Lipinski definition) is 2. The molecule has 0 bridgehead atoms. The van der Waals surface area contributed by atoms with E-state index in [4.69, 9.17) is 10.5 Å². The summed E-state index contributed by atoms with van der Waals surface area (Å²) in [7, 11) is 0. The molecule has 1 aliphatic carbocycles. The Morgan fingerprint density at radius 1 is 1.00 bits per heavy atom. The Bertz CT molecular complexity index is 582. The number of nitrogens with two attached hydrogens (primary N) is 1. The van der Waals surface area contributed by atoms with Gasteiger partial charge in [0.1, 0.15) is 5.60 Å². The van der Waals surface area contributed by atoms with Crippen molar-refractivity contribution in [3.05, 3.63) is 71.8 Å². The van der Waals surface area contributed by atoms with Crippen molar-refractivity contribution < 1.29 is 4.74 Å². The first-order chi connectivity index (χ1) is 12.3. The molecule has 2 nitrogen and oxygen atoms in total. The van der Waals surface area contributed by atoms with Crippen LogP contribution in [0.15, 0.2) is 60.7 Å². The van der Waals surface area contributed by atoms with Crippen LogP contribution in [0.4, 0.5) is 0 Å². The van der Waals surface area contributed by atoms with Crippen LogP contribution in [0.25, 0.3) is 0 Å². The topological polar surface area (TPSA) is 35.2 Å². The van der Waals surface area contributed by atoms with Crippen molar-refractivity contribution in [2.24, 2.45) is 11.7 Å². The molecule has 134 valence electrons. The molecule has 1 unspecified atom stereocenters. The summed E-state index contributed by atoms with van der Waals surface area (Å²) in [6.45, 7) is 2.93. The Balaban J connectivity index is 1.98. The Hall–Kier alpha value is -1.64. The van der Waals surface area contributed by atoms with E-state index in [1.54, 1.807) is 0 Å². The molecule has 1 atom stereocenters. The van der Waals surface area contributed by atoms with Gasteiger partial charge in [-0.3, -0.25) is 0 Å². The number of hydrogen-bond donors (Lipinski definition) is 1. The SMILES string of the molecule is CCCCOC(c1ccccc1)(c1ccccc1)C(N)CCC1CC1. The molecule has 1 aliphatic rings. The number of ether oxygens (including phenoxy) is 1. The summed E-state index contributed by atoms with van der Waals surface area (Å²) in [6.07, 6.45) is 7.12. The van der Waals surface area contributed by atoms with Crippen LogP contribution < -0.4 is 5.73 Å². The fourth-order valence-corrected chi connectivity index (χ4v) is 3.64. The van der Waals surface area contributed by atoms with Gasteiger partial charge in [-0.1, -0.05) is 86.8 Å². The zero-order valence-electron chi connectivity index (χ0n) is 15.4. The highest BCUT2D eigenvalue weighted by molar-refractivity contribution is 5.38. The summed E-state index contributed by atoms with van der Waals surface area (Å²) < 4.78 is 6.63. The summed E-state index contributed by atoms with van der Waals surface area (Å²) in [5.41, 5.74) is 8.62. The predicted octanol–water partition coefficient (Wildman–Crippen LogP) is 5.26. The third kappa shape index (κ3) is 4.31. The van der Waals surface area contributed by atoms with Gasteiger partial charge in [0.2, 0.25) is 0 Å². The van der Waals surface area contributed by atoms with Crippen molar-refractivity contribution in [3.8, 4) is 0 Å². The monoisotopic (exact) mass is 337 g/mol. The molecule has 0 aliphatic heterocycles. The van der Waals surface area contributed by atoms with Crippen LogP contribution in [0, 0.1) is 5.92 Å². The summed E-state index contributed by atoms with van der Waals surface area (Å²) in [6, 6.07) is 21.1. The van der Waals surface area contributed by atoms with Crippen LogP contribution in [-0.2, 0) is 10.3 Å². The minimum Gasteiger partial charge on any atom is -0.364 e. The molecular formula is C23H31NO. The van der Waals surface area contributed by atoms with Crippen LogP contribution in [0.2, 0.25) is 0 Å². The molecular weight excluding hydrogens is 306 g/mol. The standard InChI is InChI=1S/C23H31NO/c1-2-3-18-25-23(20-10-6-4-7-11-20,21-12-8-5-9-13-21)22(24)17-16-19-14-15-19/h4-13,19,22H,2-3,14-18,24H2,1H3. The van der Waals surface area contributed by atoms with Gasteiger partial charge in [0.25, 0.3) is 0 Å². The predicted molar refractivity (Wildman–Crippen MR) is 104 cm³/mol. The Labute approximate surface area is 152 Å². The molecule has 2 aromatic rings. The maximum Gasteiger partial charge on any atom is 0.133 e. The second-order valence-electron chi connectivity index (χ2n) is 7.30. The third-order valence-corrected chi connectivity index (χ3v) is 5.34. The Morgan fingerprint density at radius 3 is 2.04 bits per heavy atom. The lowest BCUT2D eigenvalue weighted by atomic mass is 9.78. The minimum absolute atomic E-state index is 0.0465. The molecule has 2 aromatic carbocycles. The summed E-state index contributed by atoms with van der Waals surface area (Å²) in [5.74, 6) is 0.880. The fourth-order valence-electron chi connectivity index (χ4n) is 3.64. The van der Waals surface area contributed by atoms with Crippen LogP contribution in [-0.4, -0.2) is 12.6 Å². The number of benzene rings is 2. The first-order valence-electron chi connectivity index (χ1n) is 9.78.